The van der Waals surface area contributed by atoms with E-state index in [1.807, 2.05) is 31.2 Å². The SMILES string of the molecule is CCOC(=O)c1nc(NCCc2ccc(Cl)cc2)sc1C. The van der Waals surface area contributed by atoms with Crippen LogP contribution < -0.4 is 5.32 Å². The number of aromatic nitrogens is 1. The molecule has 0 aliphatic rings. The lowest BCUT2D eigenvalue weighted by atomic mass is 10.1. The minimum atomic E-state index is -0.364. The third kappa shape index (κ3) is 4.44. The zero-order valence-corrected chi connectivity index (χ0v) is 13.6. The van der Waals surface area contributed by atoms with E-state index in [0.29, 0.717) is 12.3 Å². The number of esters is 1. The molecule has 1 N–H and O–H groups in total. The van der Waals surface area contributed by atoms with E-state index in [9.17, 15) is 4.79 Å². The van der Waals surface area contributed by atoms with E-state index in [0.717, 1.165) is 28.0 Å². The van der Waals surface area contributed by atoms with Crippen LogP contribution in [0.3, 0.4) is 0 Å². The number of thiazole rings is 1. The van der Waals surface area contributed by atoms with Crippen molar-refractivity contribution < 1.29 is 9.53 Å². The molecular weight excluding hydrogens is 308 g/mol. The van der Waals surface area contributed by atoms with Gasteiger partial charge < -0.3 is 10.1 Å². The number of carbonyl (C=O) groups excluding carboxylic acids is 1. The van der Waals surface area contributed by atoms with E-state index in [1.54, 1.807) is 6.92 Å². The van der Waals surface area contributed by atoms with Crippen LogP contribution >= 0.6 is 22.9 Å². The summed E-state index contributed by atoms with van der Waals surface area (Å²) in [5, 5.41) is 4.71. The van der Waals surface area contributed by atoms with Crippen LogP contribution in [-0.2, 0) is 11.2 Å². The molecule has 0 unspecified atom stereocenters. The summed E-state index contributed by atoms with van der Waals surface area (Å²) in [4.78, 5) is 16.8. The van der Waals surface area contributed by atoms with E-state index in [4.69, 9.17) is 16.3 Å². The second-order valence-corrected chi connectivity index (χ2v) is 6.09. The Bertz CT molecular complexity index is 611. The van der Waals surface area contributed by atoms with Gasteiger partial charge in [-0.3, -0.25) is 0 Å². The normalized spacial score (nSPS) is 10.4. The molecule has 6 heteroatoms. The number of rotatable bonds is 6. The summed E-state index contributed by atoms with van der Waals surface area (Å²) < 4.78 is 4.97. The summed E-state index contributed by atoms with van der Waals surface area (Å²) in [5.41, 5.74) is 1.60. The van der Waals surface area contributed by atoms with Gasteiger partial charge in [0.25, 0.3) is 0 Å². The van der Waals surface area contributed by atoms with Gasteiger partial charge in [0, 0.05) is 16.4 Å². The van der Waals surface area contributed by atoms with Crippen molar-refractivity contribution in [3.8, 4) is 0 Å². The van der Waals surface area contributed by atoms with Crippen LogP contribution in [0.5, 0.6) is 0 Å². The molecule has 4 nitrogen and oxygen atoms in total. The zero-order valence-electron chi connectivity index (χ0n) is 12.0. The Balaban J connectivity index is 1.90. The molecular formula is C15H17ClN2O2S. The quantitative estimate of drug-likeness (QED) is 0.818. The Kier molecular flexibility index (Phi) is 5.59. The highest BCUT2D eigenvalue weighted by Crippen LogP contribution is 2.22. The lowest BCUT2D eigenvalue weighted by Crippen LogP contribution is -2.08. The van der Waals surface area contributed by atoms with Crippen LogP contribution in [0.15, 0.2) is 24.3 Å². The Labute approximate surface area is 133 Å². The van der Waals surface area contributed by atoms with Crippen LogP contribution in [0.4, 0.5) is 5.13 Å². The van der Waals surface area contributed by atoms with Crippen LogP contribution in [0, 0.1) is 6.92 Å². The van der Waals surface area contributed by atoms with E-state index < -0.39 is 0 Å². The Morgan fingerprint density at radius 1 is 1.38 bits per heavy atom. The lowest BCUT2D eigenvalue weighted by molar-refractivity contribution is 0.0519. The van der Waals surface area contributed by atoms with Crippen molar-refractivity contribution in [2.45, 2.75) is 20.3 Å². The Morgan fingerprint density at radius 3 is 2.76 bits per heavy atom. The summed E-state index contributed by atoms with van der Waals surface area (Å²) >= 11 is 7.31. The number of hydrogen-bond acceptors (Lipinski definition) is 5. The molecule has 0 saturated carbocycles. The molecule has 112 valence electrons. The average Bonchev–Trinajstić information content (AvgIpc) is 2.82. The van der Waals surface area contributed by atoms with Gasteiger partial charge in [-0.1, -0.05) is 23.7 Å². The van der Waals surface area contributed by atoms with Gasteiger partial charge in [-0.15, -0.1) is 11.3 Å². The topological polar surface area (TPSA) is 51.2 Å². The second kappa shape index (κ2) is 7.43. The highest BCUT2D eigenvalue weighted by atomic mass is 35.5. The first-order chi connectivity index (χ1) is 10.1. The molecule has 1 heterocycles. The fourth-order valence-electron chi connectivity index (χ4n) is 1.83. The summed E-state index contributed by atoms with van der Waals surface area (Å²) in [5.74, 6) is -0.364. The minimum Gasteiger partial charge on any atom is -0.461 e. The van der Waals surface area contributed by atoms with Crippen LogP contribution in [0.2, 0.25) is 5.02 Å². The summed E-state index contributed by atoms with van der Waals surface area (Å²) in [6, 6.07) is 7.76. The number of anilines is 1. The predicted molar refractivity (Wildman–Crippen MR) is 86.5 cm³/mol. The van der Waals surface area contributed by atoms with Gasteiger partial charge in [-0.05, 0) is 38.0 Å². The average molecular weight is 325 g/mol. The van der Waals surface area contributed by atoms with Gasteiger partial charge in [-0.2, -0.15) is 0 Å². The smallest absolute Gasteiger partial charge is 0.358 e. The molecule has 21 heavy (non-hydrogen) atoms. The van der Waals surface area contributed by atoms with Crippen molar-refractivity contribution in [2.75, 3.05) is 18.5 Å². The lowest BCUT2D eigenvalue weighted by Gasteiger charge is -2.03. The van der Waals surface area contributed by atoms with Gasteiger partial charge in [0.05, 0.1) is 6.61 Å². The van der Waals surface area contributed by atoms with Crippen molar-refractivity contribution in [1.29, 1.82) is 0 Å². The summed E-state index contributed by atoms with van der Waals surface area (Å²) in [6.45, 7) is 4.76. The van der Waals surface area contributed by atoms with Crippen molar-refractivity contribution >= 4 is 34.0 Å². The fraction of sp³-hybridized carbons (Fsp3) is 0.333. The first-order valence-corrected chi connectivity index (χ1v) is 7.92. The first kappa shape index (κ1) is 15.8. The number of nitrogens with zero attached hydrogens (tertiary/aromatic N) is 1. The number of aryl methyl sites for hydroxylation is 1. The maximum atomic E-state index is 11.7. The number of nitrogens with one attached hydrogen (secondary N) is 1. The van der Waals surface area contributed by atoms with E-state index in [2.05, 4.69) is 10.3 Å². The molecule has 2 rings (SSSR count). The van der Waals surface area contributed by atoms with Gasteiger partial charge in [0.15, 0.2) is 10.8 Å². The third-order valence-electron chi connectivity index (χ3n) is 2.87. The molecule has 0 aliphatic carbocycles. The molecule has 0 aliphatic heterocycles. The Hall–Kier alpha value is -1.59. The molecule has 0 fully saturated rings. The number of ether oxygens (including phenoxy) is 1. The number of benzene rings is 1. The van der Waals surface area contributed by atoms with Crippen molar-refractivity contribution in [3.63, 3.8) is 0 Å². The highest BCUT2D eigenvalue weighted by molar-refractivity contribution is 7.15. The maximum absolute atomic E-state index is 11.7. The van der Waals surface area contributed by atoms with Crippen molar-refractivity contribution in [2.24, 2.45) is 0 Å². The van der Waals surface area contributed by atoms with Gasteiger partial charge in [0.2, 0.25) is 0 Å². The number of carbonyl (C=O) groups is 1. The predicted octanol–water partition coefficient (Wildman–Crippen LogP) is 3.94. The third-order valence-corrected chi connectivity index (χ3v) is 4.05. The molecule has 0 bridgehead atoms. The zero-order chi connectivity index (χ0) is 15.2. The molecule has 1 aromatic carbocycles. The summed E-state index contributed by atoms with van der Waals surface area (Å²) in [6.07, 6.45) is 0.866. The summed E-state index contributed by atoms with van der Waals surface area (Å²) in [7, 11) is 0. The standard InChI is InChI=1S/C15H17ClN2O2S/c1-3-20-14(19)13-10(2)21-15(18-13)17-9-8-11-4-6-12(16)7-5-11/h4-7H,3,8-9H2,1-2H3,(H,17,18). The molecule has 2 aromatic rings. The molecule has 1 aromatic heterocycles. The fourth-order valence-corrected chi connectivity index (χ4v) is 2.78. The molecule has 0 spiro atoms. The maximum Gasteiger partial charge on any atom is 0.358 e. The monoisotopic (exact) mass is 324 g/mol. The molecule has 0 atom stereocenters. The highest BCUT2D eigenvalue weighted by Gasteiger charge is 2.16. The van der Waals surface area contributed by atoms with Gasteiger partial charge in [0.1, 0.15) is 0 Å². The van der Waals surface area contributed by atoms with Crippen LogP contribution in [0.1, 0.15) is 27.9 Å². The van der Waals surface area contributed by atoms with Crippen molar-refractivity contribution in [3.05, 3.63) is 45.4 Å². The largest absolute Gasteiger partial charge is 0.461 e. The molecule has 0 amide bonds. The van der Waals surface area contributed by atoms with Gasteiger partial charge >= 0.3 is 5.97 Å². The van der Waals surface area contributed by atoms with Gasteiger partial charge in [-0.25, -0.2) is 9.78 Å². The van der Waals surface area contributed by atoms with Crippen molar-refractivity contribution in [1.82, 2.24) is 4.98 Å². The Morgan fingerprint density at radius 2 is 2.10 bits per heavy atom. The second-order valence-electron chi connectivity index (χ2n) is 4.45. The minimum absolute atomic E-state index is 0.356. The van der Waals surface area contributed by atoms with E-state index in [1.165, 1.54) is 16.9 Å². The van der Waals surface area contributed by atoms with Crippen LogP contribution in [0.25, 0.3) is 0 Å². The number of hydrogen-bond donors (Lipinski definition) is 1. The molecule has 0 saturated heterocycles. The number of halogens is 1. The van der Waals surface area contributed by atoms with E-state index >= 15 is 0 Å². The molecule has 0 radical (unpaired) electrons. The van der Waals surface area contributed by atoms with Crippen LogP contribution in [-0.4, -0.2) is 24.1 Å². The van der Waals surface area contributed by atoms with E-state index in [-0.39, 0.29) is 5.97 Å². The first-order valence-electron chi connectivity index (χ1n) is 6.73.